The van der Waals surface area contributed by atoms with E-state index in [0.717, 1.165) is 29.2 Å². The Morgan fingerprint density at radius 3 is 2.09 bits per heavy atom. The first-order valence-corrected chi connectivity index (χ1v) is 18.1. The van der Waals surface area contributed by atoms with Crippen LogP contribution in [0.25, 0.3) is 0 Å². The Balaban J connectivity index is 1.66. The summed E-state index contributed by atoms with van der Waals surface area (Å²) < 4.78 is 98.9. The molecule has 0 bridgehead atoms. The highest BCUT2D eigenvalue weighted by Crippen LogP contribution is 2.35. The number of aliphatic hydroxyl groups is 1. The van der Waals surface area contributed by atoms with E-state index < -0.39 is 81.6 Å². The molecule has 2 heterocycles. The van der Waals surface area contributed by atoms with Crippen LogP contribution in [-0.2, 0) is 35.1 Å². The smallest absolute Gasteiger partial charge is 0.296 e. The molecule has 0 spiro atoms. The molecule has 4 unspecified atom stereocenters. The lowest BCUT2D eigenvalue weighted by atomic mass is 9.83. The Morgan fingerprint density at radius 2 is 1.53 bits per heavy atom. The second kappa shape index (κ2) is 13.7. The van der Waals surface area contributed by atoms with Crippen molar-refractivity contribution < 1.29 is 48.8 Å². The molecular weight excluding hydrogens is 708 g/mol. The third-order valence-corrected chi connectivity index (χ3v) is 9.66. The minimum absolute atomic E-state index is 0.0479. The van der Waals surface area contributed by atoms with E-state index in [0.29, 0.717) is 0 Å². The van der Waals surface area contributed by atoms with Crippen LogP contribution in [-0.4, -0.2) is 94.3 Å². The minimum Gasteiger partial charge on any atom is -0.373 e. The molecule has 47 heavy (non-hydrogen) atoms. The molecule has 3 aromatic rings. The van der Waals surface area contributed by atoms with Gasteiger partial charge in [-0.3, -0.25) is 18.5 Å². The van der Waals surface area contributed by atoms with Gasteiger partial charge in [-0.05, 0) is 60.8 Å². The van der Waals surface area contributed by atoms with Crippen molar-refractivity contribution in [1.82, 2.24) is 19.9 Å². The normalized spacial score (nSPS) is 20.8. The number of benzene rings is 2. The first kappa shape index (κ1) is 35.9. The SMILES string of the molecule is CCN1C(=O)C(N=Nc2cc(Nc3nc(Cl)nc(Nc4cccc(S(=O)(=O)O)c4)n3)ccc2S(=O)(=O)O)C(C)C(CS(=O)(=O)O)C1O. The maximum Gasteiger partial charge on any atom is 0.296 e. The lowest BCUT2D eigenvalue weighted by Crippen LogP contribution is -2.59. The molecule has 6 N–H and O–H groups in total. The van der Waals surface area contributed by atoms with Crippen LogP contribution in [0.4, 0.5) is 29.0 Å². The Kier molecular flexibility index (Phi) is 10.5. The number of likely N-dealkylation sites (N-methyl/N-ethyl adjacent to an activating group) is 1. The fourth-order valence-corrected chi connectivity index (χ4v) is 6.96. The Morgan fingerprint density at radius 1 is 0.915 bits per heavy atom. The number of piperidine rings is 1. The van der Waals surface area contributed by atoms with Crippen molar-refractivity contribution in [3.05, 3.63) is 47.7 Å². The third kappa shape index (κ3) is 8.92. The van der Waals surface area contributed by atoms with E-state index in [1.54, 1.807) is 0 Å². The number of likely N-dealkylation sites (tertiary alicyclic amines) is 1. The summed E-state index contributed by atoms with van der Waals surface area (Å²) in [7, 11) is -14.0. The molecule has 0 aliphatic carbocycles. The average molecular weight is 735 g/mol. The van der Waals surface area contributed by atoms with E-state index in [-0.39, 0.29) is 35.1 Å². The quantitative estimate of drug-likeness (QED) is 0.122. The molecule has 1 fully saturated rings. The zero-order valence-electron chi connectivity index (χ0n) is 24.2. The summed E-state index contributed by atoms with van der Waals surface area (Å²) in [5.41, 5.74) is -0.225. The zero-order valence-corrected chi connectivity index (χ0v) is 27.4. The number of hydrogen-bond donors (Lipinski definition) is 6. The number of azo groups is 1. The molecule has 1 aliphatic heterocycles. The Hall–Kier alpha value is -3.90. The minimum atomic E-state index is -4.89. The fourth-order valence-electron chi connectivity index (χ4n) is 4.71. The number of anilines is 4. The molecule has 2 aromatic carbocycles. The molecule has 1 aliphatic rings. The number of nitrogens with one attached hydrogen (secondary N) is 2. The molecule has 1 saturated heterocycles. The monoisotopic (exact) mass is 734 g/mol. The summed E-state index contributed by atoms with van der Waals surface area (Å²) in [6, 6.07) is 6.92. The van der Waals surface area contributed by atoms with Crippen molar-refractivity contribution in [2.45, 2.75) is 35.9 Å². The van der Waals surface area contributed by atoms with Crippen molar-refractivity contribution >= 4 is 76.8 Å². The van der Waals surface area contributed by atoms with Gasteiger partial charge in [-0.25, -0.2) is 0 Å². The average Bonchev–Trinajstić information content (AvgIpc) is 2.94. The van der Waals surface area contributed by atoms with E-state index >= 15 is 0 Å². The number of nitrogens with zero attached hydrogens (tertiary/aromatic N) is 6. The van der Waals surface area contributed by atoms with E-state index in [9.17, 15) is 48.8 Å². The van der Waals surface area contributed by atoms with Crippen LogP contribution in [0.2, 0.25) is 5.28 Å². The lowest BCUT2D eigenvalue weighted by Gasteiger charge is -2.43. The maximum atomic E-state index is 13.1. The molecule has 0 radical (unpaired) electrons. The van der Waals surface area contributed by atoms with Gasteiger partial charge in [-0.15, -0.1) is 0 Å². The standard InChI is InChI=1S/C24H27ClN8O11S3/c1-3-33-20(34)16(11-45(36,37)38)12(2)19(21(33)35)32-31-17-10-14(7-8-18(17)47(42,43)44)27-24-29-22(25)28-23(30-24)26-13-5-4-6-15(9-13)46(39,40)41/h4-10,12,16,19-20,34H,3,11H2,1-2H3,(H,36,37,38)(H,39,40,41)(H,42,43,44)(H2,26,27,28,29,30). The number of hydrogen-bond acceptors (Lipinski definition) is 15. The first-order valence-electron chi connectivity index (χ1n) is 13.3. The van der Waals surface area contributed by atoms with E-state index in [2.05, 4.69) is 35.8 Å². The van der Waals surface area contributed by atoms with Crippen LogP contribution in [0.5, 0.6) is 0 Å². The van der Waals surface area contributed by atoms with Crippen molar-refractivity contribution in [2.75, 3.05) is 22.9 Å². The maximum absolute atomic E-state index is 13.1. The van der Waals surface area contributed by atoms with Gasteiger partial charge in [-0.1, -0.05) is 13.0 Å². The topological polar surface area (TPSA) is 291 Å². The summed E-state index contributed by atoms with van der Waals surface area (Å²) in [4.78, 5) is 24.9. The van der Waals surface area contributed by atoms with Crippen molar-refractivity contribution in [3.8, 4) is 0 Å². The molecule has 1 aromatic heterocycles. The highest BCUT2D eigenvalue weighted by atomic mass is 35.5. The summed E-state index contributed by atoms with van der Waals surface area (Å²) in [5.74, 6) is -4.16. The molecule has 0 saturated carbocycles. The number of halogens is 1. The van der Waals surface area contributed by atoms with Gasteiger partial charge in [0, 0.05) is 23.8 Å². The van der Waals surface area contributed by atoms with Crippen molar-refractivity contribution in [2.24, 2.45) is 22.1 Å². The molecule has 4 atom stereocenters. The van der Waals surface area contributed by atoms with Gasteiger partial charge in [0.1, 0.15) is 16.8 Å². The molecule has 23 heteroatoms. The van der Waals surface area contributed by atoms with Gasteiger partial charge in [0.15, 0.2) is 6.04 Å². The molecular formula is C24H27ClN8O11S3. The van der Waals surface area contributed by atoms with Crippen LogP contribution in [0.15, 0.2) is 62.5 Å². The van der Waals surface area contributed by atoms with Crippen LogP contribution in [0.1, 0.15) is 13.8 Å². The van der Waals surface area contributed by atoms with Gasteiger partial charge >= 0.3 is 0 Å². The van der Waals surface area contributed by atoms with Gasteiger partial charge in [0.2, 0.25) is 17.2 Å². The van der Waals surface area contributed by atoms with Crippen LogP contribution in [0.3, 0.4) is 0 Å². The molecule has 1 amide bonds. The van der Waals surface area contributed by atoms with E-state index in [1.165, 1.54) is 32.0 Å². The van der Waals surface area contributed by atoms with Gasteiger partial charge in [0.25, 0.3) is 36.3 Å². The number of carbonyl (C=O) groups excluding carboxylic acids is 1. The number of amides is 1. The summed E-state index contributed by atoms with van der Waals surface area (Å²) >= 11 is 6.02. The van der Waals surface area contributed by atoms with Crippen LogP contribution in [0, 0.1) is 11.8 Å². The fraction of sp³-hybridized carbons (Fsp3) is 0.333. The van der Waals surface area contributed by atoms with Gasteiger partial charge in [-0.2, -0.15) is 50.4 Å². The summed E-state index contributed by atoms with van der Waals surface area (Å²) in [6.07, 6.45) is -1.56. The number of carbonyl (C=O) groups is 1. The number of aromatic nitrogens is 3. The summed E-state index contributed by atoms with van der Waals surface area (Å²) in [5, 5.41) is 23.6. The second-order valence-electron chi connectivity index (χ2n) is 10.1. The van der Waals surface area contributed by atoms with Crippen molar-refractivity contribution in [1.29, 1.82) is 0 Å². The Bertz CT molecular complexity index is 2050. The van der Waals surface area contributed by atoms with Gasteiger partial charge in [0.05, 0.1) is 10.6 Å². The van der Waals surface area contributed by atoms with Crippen molar-refractivity contribution in [3.63, 3.8) is 0 Å². The number of rotatable bonds is 11. The predicted octanol–water partition coefficient (Wildman–Crippen LogP) is 2.28. The number of aliphatic hydroxyl groups excluding tert-OH is 1. The van der Waals surface area contributed by atoms with E-state index in [1.807, 2.05) is 0 Å². The molecule has 19 nitrogen and oxygen atoms in total. The first-order chi connectivity index (χ1) is 21.8. The zero-order chi connectivity index (χ0) is 34.9. The third-order valence-electron chi connectivity index (χ3n) is 6.93. The highest BCUT2D eigenvalue weighted by molar-refractivity contribution is 7.86. The highest BCUT2D eigenvalue weighted by Gasteiger charge is 2.47. The largest absolute Gasteiger partial charge is 0.373 e. The second-order valence-corrected chi connectivity index (χ2v) is 14.8. The molecule has 254 valence electrons. The van der Waals surface area contributed by atoms with Gasteiger partial charge < -0.3 is 20.6 Å². The molecule has 4 rings (SSSR count). The Labute approximate surface area is 273 Å². The van der Waals surface area contributed by atoms with Crippen LogP contribution < -0.4 is 10.6 Å². The summed E-state index contributed by atoms with van der Waals surface area (Å²) in [6.45, 7) is 2.88. The lowest BCUT2D eigenvalue weighted by molar-refractivity contribution is -0.158. The van der Waals surface area contributed by atoms with Crippen LogP contribution >= 0.6 is 11.6 Å². The predicted molar refractivity (Wildman–Crippen MR) is 165 cm³/mol. The van der Waals surface area contributed by atoms with E-state index in [4.69, 9.17) is 11.6 Å².